The van der Waals surface area contributed by atoms with Gasteiger partial charge in [-0.15, -0.1) is 0 Å². The third kappa shape index (κ3) is 5.88. The first-order valence-corrected chi connectivity index (χ1v) is 5.59. The van der Waals surface area contributed by atoms with Crippen molar-refractivity contribution < 1.29 is 4.74 Å². The molecule has 0 aromatic carbocycles. The Morgan fingerprint density at radius 3 is 3.18 bits per heavy atom. The van der Waals surface area contributed by atoms with Gasteiger partial charge in [-0.25, -0.2) is 10.8 Å². The Morgan fingerprint density at radius 2 is 2.53 bits per heavy atom. The second-order valence-corrected chi connectivity index (χ2v) is 3.43. The lowest BCUT2D eigenvalue weighted by Gasteiger charge is -2.08. The Morgan fingerprint density at radius 1 is 1.65 bits per heavy atom. The van der Waals surface area contributed by atoms with E-state index >= 15 is 0 Å². The fourth-order valence-corrected chi connectivity index (χ4v) is 1.29. The van der Waals surface area contributed by atoms with E-state index in [2.05, 4.69) is 25.7 Å². The molecule has 0 amide bonds. The van der Waals surface area contributed by atoms with Crippen molar-refractivity contribution in [1.82, 2.24) is 20.7 Å². The zero-order valence-corrected chi connectivity index (χ0v) is 10.1. The minimum absolute atomic E-state index is 0.590. The number of hydrogen-bond donors (Lipinski definition) is 4. The standard InChI is InChI=1S/C10H20N6O/c1-17-8-2-4-14-10(16-11)15-5-3-9-12-6-7-13-9/h6-7H,2-5,8,11H2,1H3,(H,12,13)(H2,14,15,16). The van der Waals surface area contributed by atoms with Gasteiger partial charge in [-0.3, -0.25) is 10.4 Å². The largest absolute Gasteiger partial charge is 0.385 e. The Balaban J connectivity index is 2.17. The zero-order chi connectivity index (χ0) is 12.3. The average Bonchev–Trinajstić information content (AvgIpc) is 2.85. The molecule has 0 aliphatic carbocycles. The van der Waals surface area contributed by atoms with Crippen molar-refractivity contribution in [3.8, 4) is 0 Å². The van der Waals surface area contributed by atoms with E-state index in [9.17, 15) is 0 Å². The van der Waals surface area contributed by atoms with Crippen molar-refractivity contribution in [3.05, 3.63) is 18.2 Å². The van der Waals surface area contributed by atoms with Crippen LogP contribution in [0.5, 0.6) is 0 Å². The predicted molar refractivity (Wildman–Crippen MR) is 66.4 cm³/mol. The first-order valence-electron chi connectivity index (χ1n) is 5.59. The minimum atomic E-state index is 0.590. The molecule has 1 heterocycles. The van der Waals surface area contributed by atoms with E-state index in [0.29, 0.717) is 19.1 Å². The number of imidazole rings is 1. The van der Waals surface area contributed by atoms with Crippen molar-refractivity contribution in [2.75, 3.05) is 26.8 Å². The van der Waals surface area contributed by atoms with Gasteiger partial charge >= 0.3 is 0 Å². The number of methoxy groups -OCH3 is 1. The summed E-state index contributed by atoms with van der Waals surface area (Å²) in [5.74, 6) is 6.88. The van der Waals surface area contributed by atoms with Gasteiger partial charge in [-0.1, -0.05) is 0 Å². The van der Waals surface area contributed by atoms with Gasteiger partial charge in [0, 0.05) is 45.6 Å². The molecule has 0 bridgehead atoms. The third-order valence-corrected chi connectivity index (χ3v) is 2.12. The number of hydrogen-bond acceptors (Lipinski definition) is 4. The summed E-state index contributed by atoms with van der Waals surface area (Å²) in [4.78, 5) is 11.4. The maximum Gasteiger partial charge on any atom is 0.205 e. The quantitative estimate of drug-likeness (QED) is 0.168. The highest BCUT2D eigenvalue weighted by molar-refractivity contribution is 5.79. The second-order valence-electron chi connectivity index (χ2n) is 3.43. The molecule has 0 radical (unpaired) electrons. The van der Waals surface area contributed by atoms with Crippen molar-refractivity contribution in [2.24, 2.45) is 10.8 Å². The van der Waals surface area contributed by atoms with Crippen LogP contribution in [0.2, 0.25) is 0 Å². The normalized spacial score (nSPS) is 11.5. The van der Waals surface area contributed by atoms with Crippen molar-refractivity contribution in [1.29, 1.82) is 0 Å². The number of rotatable bonds is 7. The van der Waals surface area contributed by atoms with E-state index in [1.165, 1.54) is 0 Å². The smallest absolute Gasteiger partial charge is 0.205 e. The van der Waals surface area contributed by atoms with Crippen LogP contribution in [0.1, 0.15) is 12.2 Å². The lowest BCUT2D eigenvalue weighted by atomic mass is 10.4. The van der Waals surface area contributed by atoms with Gasteiger partial charge in [-0.2, -0.15) is 0 Å². The van der Waals surface area contributed by atoms with Crippen LogP contribution in [-0.4, -0.2) is 42.7 Å². The van der Waals surface area contributed by atoms with Crippen LogP contribution in [0.25, 0.3) is 0 Å². The molecule has 7 heteroatoms. The predicted octanol–water partition coefficient (Wildman–Crippen LogP) is -0.602. The van der Waals surface area contributed by atoms with Crippen LogP contribution >= 0.6 is 0 Å². The molecule has 0 spiro atoms. The molecule has 0 unspecified atom stereocenters. The number of ether oxygens (including phenoxy) is 1. The van der Waals surface area contributed by atoms with E-state index in [-0.39, 0.29) is 0 Å². The Hall–Kier alpha value is -1.60. The molecule has 0 aliphatic heterocycles. The highest BCUT2D eigenvalue weighted by Gasteiger charge is 1.97. The molecule has 1 rings (SSSR count). The second kappa shape index (κ2) is 8.54. The van der Waals surface area contributed by atoms with E-state index in [1.807, 2.05) is 0 Å². The van der Waals surface area contributed by atoms with E-state index in [0.717, 1.165) is 25.2 Å². The maximum atomic E-state index is 5.35. The van der Waals surface area contributed by atoms with Gasteiger partial charge < -0.3 is 15.0 Å². The lowest BCUT2D eigenvalue weighted by molar-refractivity contribution is 0.197. The fourth-order valence-electron chi connectivity index (χ4n) is 1.29. The summed E-state index contributed by atoms with van der Waals surface area (Å²) >= 11 is 0. The van der Waals surface area contributed by atoms with Crippen molar-refractivity contribution in [3.63, 3.8) is 0 Å². The monoisotopic (exact) mass is 240 g/mol. The number of hydrazine groups is 1. The first kappa shape index (κ1) is 13.5. The fraction of sp³-hybridized carbons (Fsp3) is 0.600. The highest BCUT2D eigenvalue weighted by Crippen LogP contribution is 1.88. The Labute approximate surface area is 101 Å². The van der Waals surface area contributed by atoms with Gasteiger partial charge in [0.05, 0.1) is 0 Å². The SMILES string of the molecule is COCCCN=C(NN)NCCc1ncc[nH]1. The van der Waals surface area contributed by atoms with Crippen LogP contribution in [0, 0.1) is 0 Å². The number of aliphatic imine (C=N–C) groups is 1. The van der Waals surface area contributed by atoms with Crippen LogP contribution < -0.4 is 16.6 Å². The first-order chi connectivity index (χ1) is 8.36. The summed E-state index contributed by atoms with van der Waals surface area (Å²) in [5.41, 5.74) is 2.53. The highest BCUT2D eigenvalue weighted by atomic mass is 16.5. The summed E-state index contributed by atoms with van der Waals surface area (Å²) in [6.45, 7) is 2.11. The van der Waals surface area contributed by atoms with Gasteiger partial charge in [0.25, 0.3) is 0 Å². The number of aromatic nitrogens is 2. The summed E-state index contributed by atoms with van der Waals surface area (Å²) in [5, 5.41) is 3.10. The Bertz CT molecular complexity index is 311. The maximum absolute atomic E-state index is 5.35. The molecule has 96 valence electrons. The Kier molecular flexibility index (Phi) is 6.76. The van der Waals surface area contributed by atoms with Gasteiger partial charge in [0.2, 0.25) is 5.96 Å². The van der Waals surface area contributed by atoms with Crippen LogP contribution in [0.3, 0.4) is 0 Å². The molecule has 17 heavy (non-hydrogen) atoms. The number of H-pyrrole nitrogens is 1. The summed E-state index contributed by atoms with van der Waals surface area (Å²) < 4.78 is 4.93. The molecule has 0 fully saturated rings. The minimum Gasteiger partial charge on any atom is -0.385 e. The lowest BCUT2D eigenvalue weighted by Crippen LogP contribution is -2.42. The van der Waals surface area contributed by atoms with Crippen LogP contribution in [0.15, 0.2) is 17.4 Å². The summed E-state index contributed by atoms with van der Waals surface area (Å²) in [6, 6.07) is 0. The van der Waals surface area contributed by atoms with Crippen LogP contribution in [0.4, 0.5) is 0 Å². The van der Waals surface area contributed by atoms with Crippen molar-refractivity contribution >= 4 is 5.96 Å². The average molecular weight is 240 g/mol. The number of aromatic amines is 1. The number of guanidine groups is 1. The summed E-state index contributed by atoms with van der Waals surface area (Å²) in [7, 11) is 1.67. The van der Waals surface area contributed by atoms with E-state index < -0.39 is 0 Å². The van der Waals surface area contributed by atoms with Gasteiger partial charge in [0.1, 0.15) is 5.82 Å². The molecule has 0 atom stereocenters. The van der Waals surface area contributed by atoms with Crippen LogP contribution in [-0.2, 0) is 11.2 Å². The molecule has 5 N–H and O–H groups in total. The number of nitrogens with one attached hydrogen (secondary N) is 3. The topological polar surface area (TPSA) is 100 Å². The molecule has 0 saturated carbocycles. The number of nitrogens with zero attached hydrogens (tertiary/aromatic N) is 2. The number of nitrogens with two attached hydrogens (primary N) is 1. The van der Waals surface area contributed by atoms with Gasteiger partial charge in [-0.05, 0) is 6.42 Å². The molecule has 1 aromatic rings. The molecule has 0 aliphatic rings. The van der Waals surface area contributed by atoms with Gasteiger partial charge in [0.15, 0.2) is 0 Å². The van der Waals surface area contributed by atoms with E-state index in [1.54, 1.807) is 19.5 Å². The molecule has 7 nitrogen and oxygen atoms in total. The zero-order valence-electron chi connectivity index (χ0n) is 10.1. The molecule has 0 saturated heterocycles. The summed E-state index contributed by atoms with van der Waals surface area (Å²) in [6.07, 6.45) is 5.21. The molecular weight excluding hydrogens is 220 g/mol. The molecular formula is C10H20N6O. The van der Waals surface area contributed by atoms with E-state index in [4.69, 9.17) is 10.6 Å². The third-order valence-electron chi connectivity index (χ3n) is 2.12. The molecule has 1 aromatic heterocycles. The van der Waals surface area contributed by atoms with Crippen molar-refractivity contribution in [2.45, 2.75) is 12.8 Å².